The van der Waals surface area contributed by atoms with E-state index in [1.807, 2.05) is 0 Å². The molecule has 10 nitrogen and oxygen atoms in total. The highest BCUT2D eigenvalue weighted by Crippen LogP contribution is 2.33. The van der Waals surface area contributed by atoms with E-state index in [0.717, 1.165) is 12.3 Å². The first-order valence-electron chi connectivity index (χ1n) is 10.8. The zero-order valence-corrected chi connectivity index (χ0v) is 20.1. The molecule has 1 aliphatic rings. The molecule has 1 saturated heterocycles. The molecule has 0 unspecified atom stereocenters. The normalized spacial score (nSPS) is 17.0. The van der Waals surface area contributed by atoms with Crippen LogP contribution in [0.3, 0.4) is 0 Å². The number of aromatic nitrogens is 3. The van der Waals surface area contributed by atoms with E-state index in [-0.39, 0.29) is 28.8 Å². The maximum absolute atomic E-state index is 13.0. The highest BCUT2D eigenvalue weighted by Gasteiger charge is 2.35. The van der Waals surface area contributed by atoms with E-state index in [1.54, 1.807) is 24.3 Å². The van der Waals surface area contributed by atoms with Gasteiger partial charge in [-0.25, -0.2) is 18.4 Å². The van der Waals surface area contributed by atoms with Gasteiger partial charge >= 0.3 is 6.18 Å². The van der Waals surface area contributed by atoms with Gasteiger partial charge < -0.3 is 19.9 Å². The van der Waals surface area contributed by atoms with Crippen molar-refractivity contribution in [3.63, 3.8) is 0 Å². The largest absolute Gasteiger partial charge is 0.506 e. The lowest BCUT2D eigenvalue weighted by Gasteiger charge is -2.34. The number of halogens is 3. The van der Waals surface area contributed by atoms with E-state index in [0.29, 0.717) is 24.2 Å². The number of amides is 1. The van der Waals surface area contributed by atoms with Gasteiger partial charge in [-0.1, -0.05) is 0 Å². The minimum atomic E-state index is -4.60. The first-order valence-corrected chi connectivity index (χ1v) is 12.6. The number of pyridine rings is 2. The molecule has 4 rings (SSSR count). The molecule has 4 heterocycles. The molecular weight excluding hydrogens is 505 g/mol. The van der Waals surface area contributed by atoms with Crippen LogP contribution in [0, 0.1) is 6.92 Å². The van der Waals surface area contributed by atoms with Crippen molar-refractivity contribution in [2.24, 2.45) is 0 Å². The molecule has 1 fully saturated rings. The van der Waals surface area contributed by atoms with E-state index in [9.17, 15) is 31.5 Å². The lowest BCUT2D eigenvalue weighted by atomic mass is 9.94. The van der Waals surface area contributed by atoms with E-state index in [2.05, 4.69) is 15.3 Å². The Balaban J connectivity index is 1.55. The van der Waals surface area contributed by atoms with Crippen molar-refractivity contribution < 1.29 is 41.0 Å². The molecule has 14 heteroatoms. The van der Waals surface area contributed by atoms with E-state index in [4.69, 9.17) is 9.47 Å². The molecule has 0 saturated carbocycles. The molecule has 1 amide bonds. The average Bonchev–Trinajstić information content (AvgIpc) is 3.12. The maximum Gasteiger partial charge on any atom is 0.422 e. The van der Waals surface area contributed by atoms with Crippen molar-refractivity contribution >= 4 is 21.4 Å². The van der Waals surface area contributed by atoms with E-state index < -0.39 is 45.6 Å². The van der Waals surface area contributed by atoms with Gasteiger partial charge in [0.2, 0.25) is 0 Å². The molecule has 1 aliphatic heterocycles. The summed E-state index contributed by atoms with van der Waals surface area (Å²) in [6.07, 6.45) is -1.54. The number of alkyl halides is 3. The molecule has 3 aromatic rings. The molecule has 0 spiro atoms. The number of carbonyl (C=O) groups is 1. The minimum absolute atomic E-state index is 0.00536. The first-order chi connectivity index (χ1) is 16.7. The molecule has 36 heavy (non-hydrogen) atoms. The smallest absolute Gasteiger partial charge is 0.422 e. The lowest BCUT2D eigenvalue weighted by molar-refractivity contribution is -0.153. The van der Waals surface area contributed by atoms with Gasteiger partial charge in [0.1, 0.15) is 32.7 Å². The number of imidazole rings is 1. The van der Waals surface area contributed by atoms with Crippen molar-refractivity contribution in [3.8, 4) is 23.1 Å². The van der Waals surface area contributed by atoms with Gasteiger partial charge in [0.05, 0.1) is 29.6 Å². The highest BCUT2D eigenvalue weighted by atomic mass is 32.2. The van der Waals surface area contributed by atoms with Crippen LogP contribution in [-0.2, 0) is 9.84 Å². The summed E-state index contributed by atoms with van der Waals surface area (Å²) in [6.45, 7) is 1.85. The Morgan fingerprint density at radius 1 is 1.28 bits per heavy atom. The summed E-state index contributed by atoms with van der Waals surface area (Å²) in [4.78, 5) is 21.1. The fraction of sp³-hybridized carbons (Fsp3) is 0.409. The summed E-state index contributed by atoms with van der Waals surface area (Å²) in [7, 11) is -3.10. The average molecular weight is 529 g/mol. The second kappa shape index (κ2) is 9.15. The molecule has 0 aromatic carbocycles. The first kappa shape index (κ1) is 25.5. The Morgan fingerprint density at radius 3 is 2.64 bits per heavy atom. The van der Waals surface area contributed by atoms with Gasteiger partial charge in [0.15, 0.2) is 12.4 Å². The zero-order chi connectivity index (χ0) is 26.3. The topological polar surface area (TPSA) is 132 Å². The number of carbonyl (C=O) groups excluding carboxylic acids is 1. The molecule has 0 bridgehead atoms. The molecule has 0 atom stereocenters. The Kier molecular flexibility index (Phi) is 6.49. The number of fused-ring (bicyclic) bond motifs is 1. The minimum Gasteiger partial charge on any atom is -0.506 e. The number of nitrogens with one attached hydrogen (secondary N) is 1. The fourth-order valence-corrected chi connectivity index (χ4v) is 5.47. The summed E-state index contributed by atoms with van der Waals surface area (Å²) in [5.74, 6) is -1.41. The van der Waals surface area contributed by atoms with E-state index in [1.165, 1.54) is 12.3 Å². The summed E-state index contributed by atoms with van der Waals surface area (Å²) in [5.41, 5.74) is 0.329. The Morgan fingerprint density at radius 2 is 1.97 bits per heavy atom. The van der Waals surface area contributed by atoms with Crippen LogP contribution in [0.1, 0.15) is 35.9 Å². The predicted octanol–water partition coefficient (Wildman–Crippen LogP) is 3.17. The van der Waals surface area contributed by atoms with Crippen LogP contribution in [0.15, 0.2) is 30.6 Å². The standard InChI is InChI=1S/C22H23F3N4O6S/c1-13-18(19(31)28-21(2)5-7-36(32,33)8-6-21)27-17-4-3-15(11-29(13)17)35-20-16(9-14(30)10-26-20)34-12-22(23,24)25/h3-4,9-11,30H,5-8,12H2,1-2H3,(H,28,31). The third-order valence-corrected chi connectivity index (χ3v) is 7.45. The summed E-state index contributed by atoms with van der Waals surface area (Å²) in [6, 6.07) is 3.98. The fourth-order valence-electron chi connectivity index (χ4n) is 3.74. The van der Waals surface area contributed by atoms with Crippen LogP contribution in [0.2, 0.25) is 0 Å². The Bertz CT molecular complexity index is 1410. The van der Waals surface area contributed by atoms with Crippen molar-refractivity contribution in [2.75, 3.05) is 18.1 Å². The summed E-state index contributed by atoms with van der Waals surface area (Å²) >= 11 is 0. The predicted molar refractivity (Wildman–Crippen MR) is 121 cm³/mol. The van der Waals surface area contributed by atoms with Gasteiger partial charge in [-0.2, -0.15) is 13.2 Å². The van der Waals surface area contributed by atoms with Gasteiger partial charge in [-0.05, 0) is 38.8 Å². The van der Waals surface area contributed by atoms with E-state index >= 15 is 0 Å². The monoisotopic (exact) mass is 528 g/mol. The lowest BCUT2D eigenvalue weighted by Crippen LogP contribution is -2.51. The Labute approximate surface area is 204 Å². The maximum atomic E-state index is 13.0. The molecule has 2 N–H and O–H groups in total. The van der Waals surface area contributed by atoms with Gasteiger partial charge in [0.25, 0.3) is 11.8 Å². The third-order valence-electron chi connectivity index (χ3n) is 5.80. The zero-order valence-electron chi connectivity index (χ0n) is 19.3. The van der Waals surface area contributed by atoms with Crippen molar-refractivity contribution in [1.82, 2.24) is 19.7 Å². The second-order valence-corrected chi connectivity index (χ2v) is 11.1. The number of aryl methyl sites for hydroxylation is 1. The van der Waals surface area contributed by atoms with Crippen LogP contribution in [0.5, 0.6) is 23.1 Å². The highest BCUT2D eigenvalue weighted by molar-refractivity contribution is 7.91. The summed E-state index contributed by atoms with van der Waals surface area (Å²) < 4.78 is 73.1. The number of rotatable bonds is 6. The van der Waals surface area contributed by atoms with Gasteiger partial charge in [-0.15, -0.1) is 0 Å². The third kappa shape index (κ3) is 5.80. The van der Waals surface area contributed by atoms with Crippen molar-refractivity contribution in [2.45, 2.75) is 38.4 Å². The van der Waals surface area contributed by atoms with Crippen LogP contribution in [-0.4, -0.2) is 63.6 Å². The summed E-state index contributed by atoms with van der Waals surface area (Å²) in [5, 5.41) is 12.5. The molecule has 3 aromatic heterocycles. The number of sulfone groups is 1. The van der Waals surface area contributed by atoms with Crippen LogP contribution < -0.4 is 14.8 Å². The number of ether oxygens (including phenoxy) is 2. The number of nitrogens with zero attached hydrogens (tertiary/aromatic N) is 3. The van der Waals surface area contributed by atoms with Crippen molar-refractivity contribution in [1.29, 1.82) is 0 Å². The second-order valence-electron chi connectivity index (χ2n) is 8.81. The van der Waals surface area contributed by atoms with Crippen LogP contribution >= 0.6 is 0 Å². The Hall–Kier alpha value is -3.55. The van der Waals surface area contributed by atoms with Gasteiger partial charge in [-0.3, -0.25) is 9.20 Å². The molecule has 0 radical (unpaired) electrons. The SMILES string of the molecule is Cc1c(C(=O)NC2(C)CCS(=O)(=O)CC2)nc2ccc(Oc3ncc(O)cc3OCC(F)(F)F)cn12. The molecule has 0 aliphatic carbocycles. The number of aromatic hydroxyl groups is 1. The number of hydrogen-bond donors (Lipinski definition) is 2. The van der Waals surface area contributed by atoms with Crippen LogP contribution in [0.4, 0.5) is 13.2 Å². The number of hydrogen-bond acceptors (Lipinski definition) is 8. The molecular formula is C22H23F3N4O6S. The van der Waals surface area contributed by atoms with Gasteiger partial charge in [0, 0.05) is 11.6 Å². The molecule has 194 valence electrons. The quantitative estimate of drug-likeness (QED) is 0.499. The van der Waals surface area contributed by atoms with Crippen LogP contribution in [0.25, 0.3) is 5.65 Å². The van der Waals surface area contributed by atoms with Crippen molar-refractivity contribution in [3.05, 3.63) is 42.0 Å².